The first kappa shape index (κ1) is 22.9. The van der Waals surface area contributed by atoms with E-state index < -0.39 is 0 Å². The molecule has 3 aromatic rings. The lowest BCUT2D eigenvalue weighted by Crippen LogP contribution is -2.36. The molecule has 1 amide bonds. The Labute approximate surface area is 193 Å². The number of aromatic nitrogens is 1. The zero-order chi connectivity index (χ0) is 23.2. The molecule has 1 aliphatic rings. The van der Waals surface area contributed by atoms with Gasteiger partial charge < -0.3 is 24.3 Å². The normalized spacial score (nSPS) is 13.8. The Balaban J connectivity index is 1.77. The van der Waals surface area contributed by atoms with Gasteiger partial charge in [0.15, 0.2) is 0 Å². The molecule has 7 nitrogen and oxygen atoms in total. The SMILES string of the molecule is CCCCn1cc(C(=O)NCc2ccccc2)c(=O)c2c(OC)cc(N3CCOCC3)cc21. The number of ether oxygens (including phenoxy) is 2. The number of hydrogen-bond donors (Lipinski definition) is 1. The summed E-state index contributed by atoms with van der Waals surface area (Å²) in [5, 5.41) is 3.33. The van der Waals surface area contributed by atoms with Gasteiger partial charge in [0.05, 0.1) is 31.2 Å². The van der Waals surface area contributed by atoms with Crippen LogP contribution < -0.4 is 20.4 Å². The molecule has 1 aliphatic heterocycles. The summed E-state index contributed by atoms with van der Waals surface area (Å²) in [6.07, 6.45) is 3.64. The molecular weight excluding hydrogens is 418 g/mol. The largest absolute Gasteiger partial charge is 0.496 e. The number of aryl methyl sites for hydroxylation is 1. The molecule has 0 atom stereocenters. The molecule has 0 saturated carbocycles. The number of pyridine rings is 1. The van der Waals surface area contributed by atoms with Gasteiger partial charge in [0.25, 0.3) is 5.91 Å². The fourth-order valence-electron chi connectivity index (χ4n) is 4.17. The number of amides is 1. The molecule has 0 bridgehead atoms. The van der Waals surface area contributed by atoms with Crippen molar-refractivity contribution in [2.45, 2.75) is 32.9 Å². The predicted octanol–water partition coefficient (Wildman–Crippen LogP) is 3.58. The second-order valence-corrected chi connectivity index (χ2v) is 8.23. The zero-order valence-electron chi connectivity index (χ0n) is 19.3. The summed E-state index contributed by atoms with van der Waals surface area (Å²) in [5.41, 5.74) is 2.58. The predicted molar refractivity (Wildman–Crippen MR) is 130 cm³/mol. The monoisotopic (exact) mass is 449 g/mol. The molecule has 0 aliphatic carbocycles. The Hall–Kier alpha value is -3.32. The van der Waals surface area contributed by atoms with Crippen molar-refractivity contribution in [1.29, 1.82) is 0 Å². The van der Waals surface area contributed by atoms with Crippen LogP contribution in [0, 0.1) is 0 Å². The third kappa shape index (κ3) is 5.03. The summed E-state index contributed by atoms with van der Waals surface area (Å²) >= 11 is 0. The van der Waals surface area contributed by atoms with Crippen molar-refractivity contribution in [3.8, 4) is 5.75 Å². The van der Waals surface area contributed by atoms with Crippen molar-refractivity contribution >= 4 is 22.5 Å². The van der Waals surface area contributed by atoms with E-state index >= 15 is 0 Å². The molecule has 174 valence electrons. The molecule has 4 rings (SSSR count). The van der Waals surface area contributed by atoms with E-state index in [4.69, 9.17) is 9.47 Å². The van der Waals surface area contributed by atoms with Gasteiger partial charge in [0.2, 0.25) is 5.43 Å². The standard InChI is InChI=1S/C26H31N3O4/c1-3-4-10-29-18-21(26(31)27-17-19-8-6-5-7-9-19)25(30)24-22(29)15-20(16-23(24)32-2)28-11-13-33-14-12-28/h5-9,15-16,18H,3-4,10-14,17H2,1-2H3,(H,27,31). The third-order valence-electron chi connectivity index (χ3n) is 6.02. The maximum absolute atomic E-state index is 13.5. The van der Waals surface area contributed by atoms with Crippen molar-refractivity contribution in [2.75, 3.05) is 38.3 Å². The molecule has 0 unspecified atom stereocenters. The van der Waals surface area contributed by atoms with Crippen LogP contribution in [0.1, 0.15) is 35.7 Å². The Morgan fingerprint density at radius 1 is 1.15 bits per heavy atom. The van der Waals surface area contributed by atoms with Gasteiger partial charge in [-0.2, -0.15) is 0 Å². The highest BCUT2D eigenvalue weighted by molar-refractivity contribution is 5.99. The fraction of sp³-hybridized carbons (Fsp3) is 0.385. The van der Waals surface area contributed by atoms with Crippen molar-refractivity contribution in [3.63, 3.8) is 0 Å². The van der Waals surface area contributed by atoms with Crippen molar-refractivity contribution in [1.82, 2.24) is 9.88 Å². The second kappa shape index (κ2) is 10.5. The first-order valence-corrected chi connectivity index (χ1v) is 11.5. The quantitative estimate of drug-likeness (QED) is 0.569. The minimum Gasteiger partial charge on any atom is -0.496 e. The maximum Gasteiger partial charge on any atom is 0.257 e. The number of nitrogens with zero attached hydrogens (tertiary/aromatic N) is 2. The van der Waals surface area contributed by atoms with Crippen molar-refractivity contribution in [3.05, 3.63) is 70.0 Å². The molecular formula is C26H31N3O4. The smallest absolute Gasteiger partial charge is 0.257 e. The summed E-state index contributed by atoms with van der Waals surface area (Å²) in [4.78, 5) is 28.8. The average Bonchev–Trinajstić information content (AvgIpc) is 2.87. The maximum atomic E-state index is 13.5. The molecule has 1 fully saturated rings. The van der Waals surface area contributed by atoms with Gasteiger partial charge in [0.1, 0.15) is 11.3 Å². The third-order valence-corrected chi connectivity index (χ3v) is 6.02. The van der Waals surface area contributed by atoms with E-state index in [9.17, 15) is 9.59 Å². The lowest BCUT2D eigenvalue weighted by atomic mass is 10.1. The van der Waals surface area contributed by atoms with Gasteiger partial charge in [-0.3, -0.25) is 9.59 Å². The zero-order valence-corrected chi connectivity index (χ0v) is 19.3. The number of carbonyl (C=O) groups excluding carboxylic acids is 1. The van der Waals surface area contributed by atoms with Crippen LogP contribution in [-0.4, -0.2) is 43.9 Å². The molecule has 1 aromatic heterocycles. The van der Waals surface area contributed by atoms with Crippen LogP contribution in [0.4, 0.5) is 5.69 Å². The Morgan fingerprint density at radius 2 is 1.91 bits per heavy atom. The number of methoxy groups -OCH3 is 1. The highest BCUT2D eigenvalue weighted by Gasteiger charge is 2.21. The van der Waals surface area contributed by atoms with Crippen LogP contribution in [0.2, 0.25) is 0 Å². The number of nitrogens with one attached hydrogen (secondary N) is 1. The molecule has 2 aromatic carbocycles. The molecule has 2 heterocycles. The fourth-order valence-corrected chi connectivity index (χ4v) is 4.17. The highest BCUT2D eigenvalue weighted by atomic mass is 16.5. The van der Waals surface area contributed by atoms with E-state index in [1.54, 1.807) is 13.3 Å². The Kier molecular flexibility index (Phi) is 7.29. The van der Waals surface area contributed by atoms with Crippen molar-refractivity contribution in [2.24, 2.45) is 0 Å². The molecule has 0 spiro atoms. The Bertz CT molecular complexity index is 1170. The van der Waals surface area contributed by atoms with E-state index in [0.29, 0.717) is 37.4 Å². The lowest BCUT2D eigenvalue weighted by molar-refractivity contribution is 0.0949. The molecule has 1 saturated heterocycles. The average molecular weight is 450 g/mol. The summed E-state index contributed by atoms with van der Waals surface area (Å²) in [6.45, 7) is 6.10. The number of morpholine rings is 1. The number of fused-ring (bicyclic) bond motifs is 1. The van der Waals surface area contributed by atoms with E-state index in [1.165, 1.54) is 0 Å². The molecule has 0 radical (unpaired) electrons. The number of benzene rings is 2. The lowest BCUT2D eigenvalue weighted by Gasteiger charge is -2.29. The number of unbranched alkanes of at least 4 members (excludes halogenated alkanes) is 1. The summed E-state index contributed by atoms with van der Waals surface area (Å²) < 4.78 is 13.2. The minimum absolute atomic E-state index is 0.131. The van der Waals surface area contributed by atoms with Crippen LogP contribution >= 0.6 is 0 Å². The molecule has 7 heteroatoms. The van der Waals surface area contributed by atoms with Crippen LogP contribution in [0.3, 0.4) is 0 Å². The highest BCUT2D eigenvalue weighted by Crippen LogP contribution is 2.31. The van der Waals surface area contributed by atoms with Gasteiger partial charge in [0, 0.05) is 44.1 Å². The van der Waals surface area contributed by atoms with Gasteiger partial charge in [-0.25, -0.2) is 0 Å². The van der Waals surface area contributed by atoms with Gasteiger partial charge in [-0.05, 0) is 18.1 Å². The number of hydrogen-bond acceptors (Lipinski definition) is 5. The van der Waals surface area contributed by atoms with Gasteiger partial charge >= 0.3 is 0 Å². The van der Waals surface area contributed by atoms with E-state index in [-0.39, 0.29) is 16.9 Å². The Morgan fingerprint density at radius 3 is 2.61 bits per heavy atom. The van der Waals surface area contributed by atoms with Crippen LogP contribution in [0.15, 0.2) is 53.5 Å². The summed E-state index contributed by atoms with van der Waals surface area (Å²) in [6, 6.07) is 13.6. The second-order valence-electron chi connectivity index (χ2n) is 8.23. The van der Waals surface area contributed by atoms with E-state index in [1.807, 2.05) is 47.0 Å². The topological polar surface area (TPSA) is 72.8 Å². The number of rotatable bonds is 8. The van der Waals surface area contributed by atoms with Gasteiger partial charge in [-0.15, -0.1) is 0 Å². The number of carbonyl (C=O) groups is 1. The van der Waals surface area contributed by atoms with Gasteiger partial charge in [-0.1, -0.05) is 43.7 Å². The van der Waals surface area contributed by atoms with E-state index in [0.717, 1.165) is 42.7 Å². The van der Waals surface area contributed by atoms with Crippen molar-refractivity contribution < 1.29 is 14.3 Å². The minimum atomic E-state index is -0.379. The number of anilines is 1. The first-order valence-electron chi connectivity index (χ1n) is 11.5. The van der Waals surface area contributed by atoms with Crippen LogP contribution in [0.5, 0.6) is 5.75 Å². The molecule has 1 N–H and O–H groups in total. The van der Waals surface area contributed by atoms with Crippen LogP contribution in [0.25, 0.3) is 10.9 Å². The molecule has 33 heavy (non-hydrogen) atoms. The summed E-state index contributed by atoms with van der Waals surface area (Å²) in [5.74, 6) is 0.109. The van der Waals surface area contributed by atoms with Crippen LogP contribution in [-0.2, 0) is 17.8 Å². The summed E-state index contributed by atoms with van der Waals surface area (Å²) in [7, 11) is 1.57. The van der Waals surface area contributed by atoms with E-state index in [2.05, 4.69) is 17.1 Å². The first-order chi connectivity index (χ1) is 16.1.